The average molecular weight is 870 g/mol. The fourth-order valence-corrected chi connectivity index (χ4v) is 9.28. The van der Waals surface area contributed by atoms with Gasteiger partial charge < -0.3 is 47.9 Å². The Hall–Kier alpha value is -6.03. The van der Waals surface area contributed by atoms with E-state index in [4.69, 9.17) is 43.4 Å². The van der Waals surface area contributed by atoms with Gasteiger partial charge in [0.15, 0.2) is 0 Å². The fourth-order valence-electron chi connectivity index (χ4n) is 9.28. The zero-order valence-corrected chi connectivity index (χ0v) is 36.6. The largest absolute Gasteiger partial charge is 0.492 e. The van der Waals surface area contributed by atoms with Crippen molar-refractivity contribution in [3.63, 3.8) is 0 Å². The first-order valence-electron chi connectivity index (χ1n) is 22.7. The van der Waals surface area contributed by atoms with E-state index < -0.39 is 6.10 Å². The number of nitrogens with one attached hydrogen (secondary N) is 2. The molecule has 2 unspecified atom stereocenters. The molecule has 6 aromatic rings. The summed E-state index contributed by atoms with van der Waals surface area (Å²) in [5.41, 5.74) is 7.68. The first-order valence-corrected chi connectivity index (χ1v) is 22.7. The van der Waals surface area contributed by atoms with Gasteiger partial charge >= 0.3 is 0 Å². The number of pyridine rings is 3. The van der Waals surface area contributed by atoms with Crippen molar-refractivity contribution in [3.05, 3.63) is 107 Å². The molecule has 0 radical (unpaired) electrons. The number of carbonyl (C=O) groups is 2. The van der Waals surface area contributed by atoms with Crippen LogP contribution < -0.4 is 24.8 Å². The number of para-hydroxylation sites is 1. The van der Waals surface area contributed by atoms with Crippen LogP contribution in [0.3, 0.4) is 0 Å². The second-order valence-corrected chi connectivity index (χ2v) is 17.6. The van der Waals surface area contributed by atoms with Crippen LogP contribution in [-0.2, 0) is 27.1 Å². The van der Waals surface area contributed by atoms with Crippen molar-refractivity contribution in [2.45, 2.75) is 95.7 Å². The number of fused-ring (bicyclic) bond motifs is 3. The van der Waals surface area contributed by atoms with E-state index in [9.17, 15) is 9.59 Å². The number of amides is 2. The van der Waals surface area contributed by atoms with E-state index in [0.717, 1.165) is 66.8 Å². The molecule has 15 nitrogen and oxygen atoms in total. The Morgan fingerprint density at radius 3 is 1.92 bits per heavy atom. The molecule has 5 aromatic heterocycles. The van der Waals surface area contributed by atoms with Crippen LogP contribution in [-0.4, -0.2) is 94.0 Å². The monoisotopic (exact) mass is 869 g/mol. The highest BCUT2D eigenvalue weighted by atomic mass is 16.5. The molecule has 2 amide bonds. The maximum absolute atomic E-state index is 14.6. The van der Waals surface area contributed by atoms with Crippen LogP contribution in [0.1, 0.15) is 120 Å². The molecule has 0 bridgehead atoms. The number of rotatable bonds is 13. The van der Waals surface area contributed by atoms with Gasteiger partial charge in [0.25, 0.3) is 11.8 Å². The van der Waals surface area contributed by atoms with Gasteiger partial charge in [0.1, 0.15) is 51.7 Å². The Balaban J connectivity index is 0.953. The van der Waals surface area contributed by atoms with Gasteiger partial charge in [0.05, 0.1) is 36.3 Å². The van der Waals surface area contributed by atoms with Gasteiger partial charge in [-0.3, -0.25) is 9.59 Å². The third-order valence-electron chi connectivity index (χ3n) is 12.6. The third-order valence-corrected chi connectivity index (χ3v) is 12.6. The number of benzene rings is 1. The second-order valence-electron chi connectivity index (χ2n) is 17.6. The number of nitrogens with zero attached hydrogens (tertiary/aromatic N) is 5. The number of anilines is 2. The maximum atomic E-state index is 14.6. The molecule has 4 aliphatic heterocycles. The van der Waals surface area contributed by atoms with E-state index in [0.29, 0.717) is 110 Å². The number of hydrogen-bond acceptors (Lipinski definition) is 11. The molecule has 9 heterocycles. The van der Waals surface area contributed by atoms with Crippen LogP contribution in [0.4, 0.5) is 11.4 Å². The van der Waals surface area contributed by atoms with Crippen molar-refractivity contribution in [3.8, 4) is 17.2 Å². The highest BCUT2D eigenvalue weighted by Crippen LogP contribution is 2.36. The molecule has 334 valence electrons. The normalized spacial score (nSPS) is 18.6. The molecule has 0 aliphatic carbocycles. The van der Waals surface area contributed by atoms with Gasteiger partial charge in [-0.15, -0.1) is 0 Å². The quantitative estimate of drug-likeness (QED) is 0.116. The molecule has 1 aromatic carbocycles. The van der Waals surface area contributed by atoms with Crippen LogP contribution in [0.2, 0.25) is 0 Å². The average Bonchev–Trinajstić information content (AvgIpc) is 4.15. The van der Waals surface area contributed by atoms with Crippen LogP contribution in [0.15, 0.2) is 67.3 Å². The molecule has 2 atom stereocenters. The van der Waals surface area contributed by atoms with Crippen molar-refractivity contribution in [1.82, 2.24) is 23.8 Å². The Bertz CT molecular complexity index is 2670. The van der Waals surface area contributed by atoms with Crippen LogP contribution in [0.5, 0.6) is 17.2 Å². The van der Waals surface area contributed by atoms with Gasteiger partial charge in [0.2, 0.25) is 0 Å². The summed E-state index contributed by atoms with van der Waals surface area (Å²) < 4.78 is 39.7. The molecule has 2 N–H and O–H groups in total. The summed E-state index contributed by atoms with van der Waals surface area (Å²) in [4.78, 5) is 43.6. The predicted octanol–water partition coefficient (Wildman–Crippen LogP) is 7.91. The lowest BCUT2D eigenvalue weighted by molar-refractivity contribution is 0.0845. The van der Waals surface area contributed by atoms with Crippen molar-refractivity contribution in [1.29, 1.82) is 0 Å². The molecule has 3 fully saturated rings. The summed E-state index contributed by atoms with van der Waals surface area (Å²) >= 11 is 0. The fraction of sp³-hybridized carbons (Fsp3) is 0.449. The minimum Gasteiger partial charge on any atom is -0.492 e. The number of ether oxygens (including phenoxy) is 6. The summed E-state index contributed by atoms with van der Waals surface area (Å²) in [5.74, 6) is 1.58. The summed E-state index contributed by atoms with van der Waals surface area (Å²) in [6.07, 6.45) is 12.7. The molecule has 0 saturated carbocycles. The zero-order chi connectivity index (χ0) is 43.7. The first-order chi connectivity index (χ1) is 31.2. The van der Waals surface area contributed by atoms with E-state index in [-0.39, 0.29) is 29.8 Å². The molecule has 15 heteroatoms. The van der Waals surface area contributed by atoms with Crippen LogP contribution in [0.25, 0.3) is 11.3 Å². The topological polar surface area (TPSA) is 161 Å². The molecular formula is C49H55N7O8. The van der Waals surface area contributed by atoms with Crippen LogP contribution >= 0.6 is 0 Å². The Kier molecular flexibility index (Phi) is 11.9. The SMILES string of the molecule is CC(C)Oc1cc2nc(C3CCOCC3)cn2cc1NC(=O)c1nc(C2CCOC2)ccc1CC(C)Oc1cc2nc(C3CCOCC3)cn2cc1NC(=O)c1cccc2c1OCC2. The summed E-state index contributed by atoms with van der Waals surface area (Å²) in [7, 11) is 0. The van der Waals surface area contributed by atoms with E-state index in [2.05, 4.69) is 10.6 Å². The number of hydrogen-bond donors (Lipinski definition) is 2. The molecular weight excluding hydrogens is 815 g/mol. The van der Waals surface area contributed by atoms with Gasteiger partial charge in [-0.05, 0) is 76.1 Å². The highest BCUT2D eigenvalue weighted by molar-refractivity contribution is 6.07. The smallest absolute Gasteiger partial charge is 0.274 e. The van der Waals surface area contributed by atoms with Crippen molar-refractivity contribution >= 4 is 34.5 Å². The number of imidazole rings is 2. The van der Waals surface area contributed by atoms with Gasteiger partial charge in [-0.2, -0.15) is 0 Å². The lowest BCUT2D eigenvalue weighted by atomic mass is 9.97. The summed E-state index contributed by atoms with van der Waals surface area (Å²) in [6, 6.07) is 13.4. The highest BCUT2D eigenvalue weighted by Gasteiger charge is 2.28. The number of aromatic nitrogens is 5. The van der Waals surface area contributed by atoms with Crippen LogP contribution in [0, 0.1) is 0 Å². The zero-order valence-electron chi connectivity index (χ0n) is 36.6. The lowest BCUT2D eigenvalue weighted by Crippen LogP contribution is -2.23. The van der Waals surface area contributed by atoms with E-state index in [1.807, 2.05) is 90.8 Å². The first kappa shape index (κ1) is 42.0. The Labute approximate surface area is 371 Å². The molecule has 4 aliphatic rings. The van der Waals surface area contributed by atoms with Crippen molar-refractivity contribution in [2.24, 2.45) is 0 Å². The van der Waals surface area contributed by atoms with Gasteiger partial charge in [0, 0.05) is 106 Å². The minimum absolute atomic E-state index is 0.0785. The Morgan fingerprint density at radius 1 is 0.688 bits per heavy atom. The molecule has 3 saturated heterocycles. The number of carbonyl (C=O) groups excluding carboxylic acids is 2. The van der Waals surface area contributed by atoms with E-state index >= 15 is 0 Å². The lowest BCUT2D eigenvalue weighted by Gasteiger charge is -2.21. The van der Waals surface area contributed by atoms with E-state index in [1.54, 1.807) is 6.07 Å². The third kappa shape index (κ3) is 8.88. The van der Waals surface area contributed by atoms with E-state index in [1.165, 1.54) is 0 Å². The van der Waals surface area contributed by atoms with Crippen molar-refractivity contribution < 1.29 is 38.0 Å². The molecule has 64 heavy (non-hydrogen) atoms. The van der Waals surface area contributed by atoms with Gasteiger partial charge in [-0.1, -0.05) is 18.2 Å². The predicted molar refractivity (Wildman–Crippen MR) is 239 cm³/mol. The minimum atomic E-state index is -0.466. The van der Waals surface area contributed by atoms with Crippen molar-refractivity contribution in [2.75, 3.05) is 56.9 Å². The molecule has 0 spiro atoms. The Morgan fingerprint density at radius 2 is 1.30 bits per heavy atom. The maximum Gasteiger partial charge on any atom is 0.274 e. The second kappa shape index (κ2) is 18.2. The molecule has 10 rings (SSSR count). The standard InChI is InChI=1S/C49H55N7O8/c1-29(2)63-42-22-44-50-38(31-9-15-59-16-10-31)24-55(44)26-40(42)54-49(58)46-34(7-8-37(52-46)35-13-19-61-28-35)21-30(3)64-43-23-45-51-39(32-11-17-60-18-12-32)25-56(45)27-41(43)53-48(57)36-6-4-5-33-14-20-62-47(33)36/h4-8,22-27,29-32,35H,9-21,28H2,1-3H3,(H,53,57)(H,54,58). The summed E-state index contributed by atoms with van der Waals surface area (Å²) in [5, 5.41) is 6.29. The van der Waals surface area contributed by atoms with Gasteiger partial charge in [-0.25, -0.2) is 15.0 Å². The summed E-state index contributed by atoms with van der Waals surface area (Å²) in [6.45, 7) is 10.4.